The maximum absolute atomic E-state index is 5.95. The van der Waals surface area contributed by atoms with Crippen LogP contribution in [-0.4, -0.2) is 61.9 Å². The summed E-state index contributed by atoms with van der Waals surface area (Å²) in [7, 11) is 3.72. The van der Waals surface area contributed by atoms with Gasteiger partial charge in [0.15, 0.2) is 5.96 Å². The Morgan fingerprint density at radius 2 is 2.20 bits per heavy atom. The maximum atomic E-state index is 5.95. The number of imidazole rings is 1. The van der Waals surface area contributed by atoms with Crippen LogP contribution in [0.3, 0.4) is 0 Å². The largest absolute Gasteiger partial charge is 0.370 e. The number of ether oxygens (including phenoxy) is 1. The molecule has 1 aliphatic heterocycles. The predicted octanol–water partition coefficient (Wildman–Crippen LogP) is 2.08. The molecule has 0 amide bonds. The highest BCUT2D eigenvalue weighted by molar-refractivity contribution is 14.0. The number of aryl methyl sites for hydroxylation is 2. The summed E-state index contributed by atoms with van der Waals surface area (Å²) in [6.07, 6.45) is 9.36. The van der Waals surface area contributed by atoms with Gasteiger partial charge in [0.05, 0.1) is 19.3 Å². The van der Waals surface area contributed by atoms with E-state index < -0.39 is 0 Å². The first kappa shape index (κ1) is 22.2. The average Bonchev–Trinajstić information content (AvgIpc) is 3.37. The SMILES string of the molecule is CN=C(NCc1cccnc1-n1ccnc1C)N1CCOC(c2cnn(C)c2)C1.I. The molecule has 10 heteroatoms. The van der Waals surface area contributed by atoms with Gasteiger partial charge in [0.25, 0.3) is 0 Å². The van der Waals surface area contributed by atoms with Gasteiger partial charge < -0.3 is 15.0 Å². The smallest absolute Gasteiger partial charge is 0.194 e. The van der Waals surface area contributed by atoms with Gasteiger partial charge in [-0.05, 0) is 13.0 Å². The van der Waals surface area contributed by atoms with Crippen LogP contribution in [-0.2, 0) is 18.3 Å². The number of guanidine groups is 1. The summed E-state index contributed by atoms with van der Waals surface area (Å²) in [5.41, 5.74) is 2.16. The Labute approximate surface area is 193 Å². The highest BCUT2D eigenvalue weighted by Gasteiger charge is 2.25. The van der Waals surface area contributed by atoms with E-state index in [1.807, 2.05) is 43.2 Å². The molecule has 1 N–H and O–H groups in total. The van der Waals surface area contributed by atoms with E-state index >= 15 is 0 Å². The molecule has 1 saturated heterocycles. The van der Waals surface area contributed by atoms with Crippen LogP contribution in [0.2, 0.25) is 0 Å². The number of rotatable bonds is 4. The van der Waals surface area contributed by atoms with Gasteiger partial charge in [0, 0.05) is 63.1 Å². The molecule has 1 unspecified atom stereocenters. The number of aromatic nitrogens is 5. The second-order valence-corrected chi connectivity index (χ2v) is 6.98. The molecule has 0 radical (unpaired) electrons. The summed E-state index contributed by atoms with van der Waals surface area (Å²) in [4.78, 5) is 15.6. The van der Waals surface area contributed by atoms with Crippen molar-refractivity contribution in [2.45, 2.75) is 19.6 Å². The van der Waals surface area contributed by atoms with Crippen LogP contribution < -0.4 is 5.32 Å². The van der Waals surface area contributed by atoms with Crippen LogP contribution in [0.25, 0.3) is 5.82 Å². The summed E-state index contributed by atoms with van der Waals surface area (Å²) in [5, 5.41) is 7.74. The molecule has 0 aliphatic carbocycles. The second kappa shape index (κ2) is 10.0. The van der Waals surface area contributed by atoms with Crippen molar-refractivity contribution >= 4 is 29.9 Å². The van der Waals surface area contributed by atoms with Crippen LogP contribution in [0.1, 0.15) is 23.1 Å². The third-order valence-electron chi connectivity index (χ3n) is 5.03. The van der Waals surface area contributed by atoms with Crippen molar-refractivity contribution in [1.82, 2.24) is 34.5 Å². The molecule has 4 heterocycles. The summed E-state index contributed by atoms with van der Waals surface area (Å²) in [5.74, 6) is 2.63. The molecule has 0 aromatic carbocycles. The van der Waals surface area contributed by atoms with Gasteiger partial charge in [0.1, 0.15) is 17.7 Å². The number of hydrogen-bond acceptors (Lipinski definition) is 5. The molecule has 1 atom stereocenters. The monoisotopic (exact) mass is 522 g/mol. The van der Waals surface area contributed by atoms with Crippen molar-refractivity contribution < 1.29 is 4.74 Å². The van der Waals surface area contributed by atoms with Gasteiger partial charge in [-0.25, -0.2) is 9.97 Å². The molecule has 3 aromatic rings. The van der Waals surface area contributed by atoms with Crippen LogP contribution >= 0.6 is 24.0 Å². The van der Waals surface area contributed by atoms with Crippen molar-refractivity contribution in [3.63, 3.8) is 0 Å². The van der Waals surface area contributed by atoms with Crippen molar-refractivity contribution in [2.24, 2.45) is 12.0 Å². The molecule has 0 spiro atoms. The Morgan fingerprint density at radius 1 is 1.33 bits per heavy atom. The molecule has 1 aliphatic rings. The normalized spacial score (nSPS) is 17.0. The summed E-state index contributed by atoms with van der Waals surface area (Å²) in [6.45, 7) is 4.75. The zero-order chi connectivity index (χ0) is 20.2. The molecule has 4 rings (SSSR count). The quantitative estimate of drug-likeness (QED) is 0.321. The van der Waals surface area contributed by atoms with Gasteiger partial charge in [-0.2, -0.15) is 5.10 Å². The van der Waals surface area contributed by atoms with E-state index in [-0.39, 0.29) is 30.1 Å². The van der Waals surface area contributed by atoms with E-state index in [4.69, 9.17) is 4.74 Å². The topological polar surface area (TPSA) is 85.4 Å². The van der Waals surface area contributed by atoms with Gasteiger partial charge in [-0.15, -0.1) is 24.0 Å². The summed E-state index contributed by atoms with van der Waals surface area (Å²) in [6, 6.07) is 4.02. The van der Waals surface area contributed by atoms with E-state index in [1.54, 1.807) is 24.1 Å². The highest BCUT2D eigenvalue weighted by Crippen LogP contribution is 2.22. The first-order chi connectivity index (χ1) is 14.2. The van der Waals surface area contributed by atoms with Crippen LogP contribution in [0.15, 0.2) is 48.1 Å². The molecular weight excluding hydrogens is 495 g/mol. The predicted molar refractivity (Wildman–Crippen MR) is 125 cm³/mol. The lowest BCUT2D eigenvalue weighted by Crippen LogP contribution is -2.48. The zero-order valence-electron chi connectivity index (χ0n) is 17.4. The lowest BCUT2D eigenvalue weighted by molar-refractivity contribution is -0.00805. The number of hydrogen-bond donors (Lipinski definition) is 1. The van der Waals surface area contributed by atoms with Crippen molar-refractivity contribution in [2.75, 3.05) is 26.7 Å². The third-order valence-corrected chi connectivity index (χ3v) is 5.03. The van der Waals surface area contributed by atoms with Crippen molar-refractivity contribution in [3.8, 4) is 5.82 Å². The van der Waals surface area contributed by atoms with E-state index in [0.29, 0.717) is 13.2 Å². The fourth-order valence-corrected chi connectivity index (χ4v) is 3.54. The molecular formula is C20H27IN8O. The van der Waals surface area contributed by atoms with Crippen molar-refractivity contribution in [1.29, 1.82) is 0 Å². The summed E-state index contributed by atoms with van der Waals surface area (Å²) < 4.78 is 9.74. The highest BCUT2D eigenvalue weighted by atomic mass is 127. The Bertz CT molecular complexity index is 998. The number of pyridine rings is 1. The van der Waals surface area contributed by atoms with Crippen LogP contribution in [0.4, 0.5) is 0 Å². The van der Waals surface area contributed by atoms with Crippen molar-refractivity contribution in [3.05, 3.63) is 60.1 Å². The fraction of sp³-hybridized carbons (Fsp3) is 0.400. The minimum absolute atomic E-state index is 0. The minimum Gasteiger partial charge on any atom is -0.370 e. The van der Waals surface area contributed by atoms with E-state index in [0.717, 1.165) is 41.8 Å². The molecule has 1 fully saturated rings. The number of nitrogens with one attached hydrogen (secondary N) is 1. The summed E-state index contributed by atoms with van der Waals surface area (Å²) >= 11 is 0. The third kappa shape index (κ3) is 4.81. The second-order valence-electron chi connectivity index (χ2n) is 6.98. The van der Waals surface area contributed by atoms with Gasteiger partial charge in [-0.1, -0.05) is 6.07 Å². The lowest BCUT2D eigenvalue weighted by Gasteiger charge is -2.34. The Kier molecular flexibility index (Phi) is 7.43. The molecule has 9 nitrogen and oxygen atoms in total. The molecule has 0 bridgehead atoms. The van der Waals surface area contributed by atoms with E-state index in [2.05, 4.69) is 36.3 Å². The first-order valence-corrected chi connectivity index (χ1v) is 9.65. The van der Waals surface area contributed by atoms with Gasteiger partial charge in [-0.3, -0.25) is 14.2 Å². The number of aliphatic imine (C=N–C) groups is 1. The standard InChI is InChI=1S/C20H26N8O.HI/c1-15-22-7-8-28(15)19-16(5-4-6-23-19)11-24-20(21-2)27-9-10-29-18(14-27)17-12-25-26(3)13-17;/h4-8,12-13,18H,9-11,14H2,1-3H3,(H,21,24);1H. The molecule has 0 saturated carbocycles. The lowest BCUT2D eigenvalue weighted by atomic mass is 10.1. The number of nitrogens with zero attached hydrogens (tertiary/aromatic N) is 7. The van der Waals surface area contributed by atoms with Gasteiger partial charge >= 0.3 is 0 Å². The first-order valence-electron chi connectivity index (χ1n) is 9.65. The zero-order valence-corrected chi connectivity index (χ0v) is 19.7. The number of morpholine rings is 1. The minimum atomic E-state index is -0.0152. The maximum Gasteiger partial charge on any atom is 0.194 e. The van der Waals surface area contributed by atoms with Gasteiger partial charge in [0.2, 0.25) is 0 Å². The average molecular weight is 522 g/mol. The van der Waals surface area contributed by atoms with Crippen LogP contribution in [0, 0.1) is 6.92 Å². The molecule has 3 aromatic heterocycles. The Morgan fingerprint density at radius 3 is 2.90 bits per heavy atom. The fourth-order valence-electron chi connectivity index (χ4n) is 3.54. The van der Waals surface area contributed by atoms with E-state index in [9.17, 15) is 0 Å². The number of halogens is 1. The molecule has 30 heavy (non-hydrogen) atoms. The molecule has 160 valence electrons. The Balaban J connectivity index is 0.00000256. The Hall–Kier alpha value is -2.47. The van der Waals surface area contributed by atoms with E-state index in [1.165, 1.54) is 0 Å². The van der Waals surface area contributed by atoms with Crippen LogP contribution in [0.5, 0.6) is 0 Å².